The van der Waals surface area contributed by atoms with Crippen LogP contribution in [0.1, 0.15) is 34.2 Å². The average Bonchev–Trinajstić information content (AvgIpc) is 3.24. The number of ether oxygens (including phenoxy) is 1. The third kappa shape index (κ3) is 5.67. The first kappa shape index (κ1) is 22.7. The van der Waals surface area contributed by atoms with Crippen molar-refractivity contribution in [1.82, 2.24) is 5.32 Å². The summed E-state index contributed by atoms with van der Waals surface area (Å²) in [5, 5.41) is 12.4. The molecule has 2 N–H and O–H groups in total. The Morgan fingerprint density at radius 2 is 1.79 bits per heavy atom. The van der Waals surface area contributed by atoms with Crippen LogP contribution in [0.4, 0.5) is 0 Å². The van der Waals surface area contributed by atoms with Crippen LogP contribution in [0, 0.1) is 0 Å². The van der Waals surface area contributed by atoms with Gasteiger partial charge in [-0.2, -0.15) is 0 Å². The maximum atomic E-state index is 11.2. The minimum absolute atomic E-state index is 0.294. The predicted molar refractivity (Wildman–Crippen MR) is 134 cm³/mol. The number of carbonyl (C=O) groups excluding carboxylic acids is 1. The van der Waals surface area contributed by atoms with Gasteiger partial charge in [0.1, 0.15) is 12.4 Å². The van der Waals surface area contributed by atoms with Crippen LogP contribution in [-0.4, -0.2) is 31.2 Å². The second-order valence-electron chi connectivity index (χ2n) is 8.15. The molecule has 1 aliphatic carbocycles. The Morgan fingerprint density at radius 1 is 1.03 bits per heavy atom. The topological polar surface area (TPSA) is 58.6 Å². The van der Waals surface area contributed by atoms with Gasteiger partial charge in [0.2, 0.25) is 0 Å². The minimum atomic E-state index is -0.459. The third-order valence-electron chi connectivity index (χ3n) is 5.99. The van der Waals surface area contributed by atoms with Crippen molar-refractivity contribution in [3.8, 4) is 5.75 Å². The molecule has 0 radical (unpaired) electrons. The minimum Gasteiger partial charge on any atom is -0.497 e. The number of nitrogens with one attached hydrogen (secondary N) is 1. The van der Waals surface area contributed by atoms with E-state index >= 15 is 0 Å². The van der Waals surface area contributed by atoms with Gasteiger partial charge in [-0.15, -0.1) is 0 Å². The molecule has 0 aliphatic heterocycles. The molecule has 3 aromatic rings. The van der Waals surface area contributed by atoms with Crippen LogP contribution in [0.5, 0.6) is 5.75 Å². The smallest absolute Gasteiger partial charge is 0.181 e. The van der Waals surface area contributed by atoms with Crippen molar-refractivity contribution in [1.29, 1.82) is 0 Å². The zero-order valence-corrected chi connectivity index (χ0v) is 18.9. The summed E-state index contributed by atoms with van der Waals surface area (Å²) in [6, 6.07) is 25.1. The van der Waals surface area contributed by atoms with E-state index in [1.54, 1.807) is 13.2 Å². The highest BCUT2D eigenvalue weighted by Crippen LogP contribution is 2.40. The molecule has 0 bridgehead atoms. The van der Waals surface area contributed by atoms with Gasteiger partial charge in [0.05, 0.1) is 7.11 Å². The van der Waals surface area contributed by atoms with Crippen molar-refractivity contribution >= 4 is 23.0 Å². The molecule has 0 spiro atoms. The quantitative estimate of drug-likeness (QED) is 0.348. The summed E-state index contributed by atoms with van der Waals surface area (Å²) in [7, 11) is 1.69. The van der Waals surface area contributed by atoms with E-state index in [2.05, 4.69) is 53.8 Å². The molecule has 1 aliphatic rings. The third-order valence-corrected chi connectivity index (χ3v) is 5.99. The molecule has 4 nitrogen and oxygen atoms in total. The van der Waals surface area contributed by atoms with E-state index in [1.807, 2.05) is 24.3 Å². The number of methoxy groups -OCH3 is 1. The summed E-state index contributed by atoms with van der Waals surface area (Å²) in [6.07, 6.45) is 5.05. The molecular weight excluding hydrogens is 410 g/mol. The van der Waals surface area contributed by atoms with E-state index in [9.17, 15) is 4.79 Å². The number of benzene rings is 3. The number of aliphatic hydroxyl groups excluding tert-OH is 1. The number of allylic oxidation sites excluding steroid dienone is 1. The number of hydrogen-bond donors (Lipinski definition) is 2. The van der Waals surface area contributed by atoms with Crippen molar-refractivity contribution in [2.45, 2.75) is 19.4 Å². The summed E-state index contributed by atoms with van der Waals surface area (Å²) in [5.41, 5.74) is 8.95. The van der Waals surface area contributed by atoms with Gasteiger partial charge < -0.3 is 15.2 Å². The number of rotatable bonds is 10. The lowest BCUT2D eigenvalue weighted by Gasteiger charge is -2.11. The standard InChI is InChI=1S/C29H29NO3/c1-33-26-14-11-23(12-15-26)29-18-24-4-2-3-5-27(24)28(29)16-17-30-19-22-8-6-21(7-9-22)10-13-25(32)20-31/h2-15,30-31H,16-20H2,1H3/b13-10+. The van der Waals surface area contributed by atoms with Crippen LogP contribution in [0.15, 0.2) is 78.9 Å². The van der Waals surface area contributed by atoms with E-state index < -0.39 is 6.61 Å². The highest BCUT2D eigenvalue weighted by molar-refractivity contribution is 5.97. The molecule has 4 heteroatoms. The molecule has 0 fully saturated rings. The van der Waals surface area contributed by atoms with E-state index in [0.29, 0.717) is 0 Å². The lowest BCUT2D eigenvalue weighted by Crippen LogP contribution is -2.15. The SMILES string of the molecule is COc1ccc(C2=C(CCNCc3ccc(/C=C/C(=O)CO)cc3)c3ccccc3C2)cc1. The van der Waals surface area contributed by atoms with Crippen molar-refractivity contribution in [3.63, 3.8) is 0 Å². The highest BCUT2D eigenvalue weighted by Gasteiger charge is 2.21. The first-order chi connectivity index (χ1) is 16.2. The number of ketones is 1. The van der Waals surface area contributed by atoms with Gasteiger partial charge in [-0.1, -0.05) is 66.7 Å². The molecule has 0 saturated heterocycles. The predicted octanol–water partition coefficient (Wildman–Crippen LogP) is 4.92. The fraction of sp³-hybridized carbons (Fsp3) is 0.207. The molecule has 0 amide bonds. The lowest BCUT2D eigenvalue weighted by atomic mass is 9.98. The molecule has 0 heterocycles. The number of hydrogen-bond acceptors (Lipinski definition) is 4. The molecule has 0 unspecified atom stereocenters. The summed E-state index contributed by atoms with van der Waals surface area (Å²) < 4.78 is 5.32. The van der Waals surface area contributed by atoms with E-state index in [0.717, 1.165) is 37.2 Å². The molecule has 0 atom stereocenters. The Morgan fingerprint density at radius 3 is 2.52 bits per heavy atom. The van der Waals surface area contributed by atoms with E-state index in [1.165, 1.54) is 39.5 Å². The average molecular weight is 440 g/mol. The molecule has 0 aromatic heterocycles. The number of carbonyl (C=O) groups is 1. The Kier molecular flexibility index (Phi) is 7.51. The molecule has 33 heavy (non-hydrogen) atoms. The zero-order valence-electron chi connectivity index (χ0n) is 18.9. The first-order valence-corrected chi connectivity index (χ1v) is 11.2. The van der Waals surface area contributed by atoms with Crippen LogP contribution in [-0.2, 0) is 17.8 Å². The maximum absolute atomic E-state index is 11.2. The Bertz CT molecular complexity index is 1160. The fourth-order valence-corrected chi connectivity index (χ4v) is 4.22. The summed E-state index contributed by atoms with van der Waals surface area (Å²) in [4.78, 5) is 11.2. The lowest BCUT2D eigenvalue weighted by molar-refractivity contribution is -0.117. The summed E-state index contributed by atoms with van der Waals surface area (Å²) >= 11 is 0. The van der Waals surface area contributed by atoms with Crippen LogP contribution in [0.25, 0.3) is 17.2 Å². The van der Waals surface area contributed by atoms with E-state index in [4.69, 9.17) is 9.84 Å². The molecule has 4 rings (SSSR count). The van der Waals surface area contributed by atoms with Gasteiger partial charge in [0.15, 0.2) is 5.78 Å². The molecule has 168 valence electrons. The largest absolute Gasteiger partial charge is 0.497 e. The monoisotopic (exact) mass is 439 g/mol. The van der Waals surface area contributed by atoms with E-state index in [-0.39, 0.29) is 5.78 Å². The van der Waals surface area contributed by atoms with Gasteiger partial charge in [0.25, 0.3) is 0 Å². The van der Waals surface area contributed by atoms with Crippen molar-refractivity contribution < 1.29 is 14.6 Å². The Balaban J connectivity index is 1.40. The van der Waals surface area contributed by atoms with Crippen molar-refractivity contribution in [2.75, 3.05) is 20.3 Å². The number of aliphatic hydroxyl groups is 1. The second kappa shape index (κ2) is 10.9. The fourth-order valence-electron chi connectivity index (χ4n) is 4.22. The van der Waals surface area contributed by atoms with Gasteiger partial charge in [0, 0.05) is 6.54 Å². The molecular formula is C29H29NO3. The normalized spacial score (nSPS) is 12.9. The Hall–Kier alpha value is -3.47. The Labute approximate surface area is 195 Å². The van der Waals surface area contributed by atoms with Crippen molar-refractivity contribution in [3.05, 3.63) is 107 Å². The zero-order chi connectivity index (χ0) is 23.0. The maximum Gasteiger partial charge on any atom is 0.181 e. The van der Waals surface area contributed by atoms with Gasteiger partial charge in [-0.3, -0.25) is 4.79 Å². The van der Waals surface area contributed by atoms with Gasteiger partial charge in [-0.25, -0.2) is 0 Å². The van der Waals surface area contributed by atoms with Gasteiger partial charge in [-0.05, 0) is 76.6 Å². The molecule has 3 aromatic carbocycles. The number of fused-ring (bicyclic) bond motifs is 1. The van der Waals surface area contributed by atoms with Crippen LogP contribution >= 0.6 is 0 Å². The van der Waals surface area contributed by atoms with Crippen LogP contribution in [0.3, 0.4) is 0 Å². The molecule has 0 saturated carbocycles. The van der Waals surface area contributed by atoms with Crippen molar-refractivity contribution in [2.24, 2.45) is 0 Å². The van der Waals surface area contributed by atoms with Crippen LogP contribution < -0.4 is 10.1 Å². The summed E-state index contributed by atoms with van der Waals surface area (Å²) in [5.74, 6) is 0.581. The first-order valence-electron chi connectivity index (χ1n) is 11.2. The second-order valence-corrected chi connectivity index (χ2v) is 8.15. The van der Waals surface area contributed by atoms with Gasteiger partial charge >= 0.3 is 0 Å². The highest BCUT2D eigenvalue weighted by atomic mass is 16.5. The summed E-state index contributed by atoms with van der Waals surface area (Å²) in [6.45, 7) is 1.21. The van der Waals surface area contributed by atoms with Crippen LogP contribution in [0.2, 0.25) is 0 Å².